The second-order valence-corrected chi connectivity index (χ2v) is 22.7. The van der Waals surface area contributed by atoms with Crippen molar-refractivity contribution in [2.75, 3.05) is 0 Å². The van der Waals surface area contributed by atoms with E-state index in [2.05, 4.69) is 0 Å². The van der Waals surface area contributed by atoms with Crippen LogP contribution in [0.5, 0.6) is 0 Å². The molecule has 11 aliphatic carbocycles. The number of rotatable bonds is 0. The minimum absolute atomic E-state index is 1.09. The van der Waals surface area contributed by atoms with E-state index in [1.54, 1.807) is 167 Å². The molecular weight excluding hydrogens is 601 g/mol. The smallest absolute Gasteiger partial charge is 0.0312 e. The first-order valence-corrected chi connectivity index (χ1v) is 24.8. The summed E-state index contributed by atoms with van der Waals surface area (Å²) in [6, 6.07) is 0. The normalized spacial score (nSPS) is 57.6. The van der Waals surface area contributed by atoms with Crippen LogP contribution < -0.4 is 0 Å². The number of hydrogen-bond acceptors (Lipinski definition) is 0. The first-order valence-electron chi connectivity index (χ1n) is 24.8. The van der Waals surface area contributed by atoms with Crippen molar-refractivity contribution in [3.05, 3.63) is 0 Å². The Morgan fingerprint density at radius 1 is 0.140 bits per heavy atom. The summed E-state index contributed by atoms with van der Waals surface area (Å²) in [5.41, 5.74) is 0. The first-order chi connectivity index (χ1) is 24.8. The van der Waals surface area contributed by atoms with Gasteiger partial charge in [0.05, 0.1) is 0 Å². The Bertz CT molecular complexity index is 1080. The van der Waals surface area contributed by atoms with Crippen molar-refractivity contribution >= 4 is 0 Å². The highest BCUT2D eigenvalue weighted by molar-refractivity contribution is 5.32. The van der Waals surface area contributed by atoms with Crippen LogP contribution in [0.15, 0.2) is 0 Å². The van der Waals surface area contributed by atoms with Gasteiger partial charge in [0.1, 0.15) is 0 Å². The Labute approximate surface area is 310 Å². The average molecular weight is 681 g/mol. The van der Waals surface area contributed by atoms with Crippen LogP contribution in [-0.4, -0.2) is 0 Å². The third-order valence-corrected chi connectivity index (χ3v) is 21.6. The molecule has 20 atom stereocenters. The van der Waals surface area contributed by atoms with Gasteiger partial charge in [-0.2, -0.15) is 0 Å². The Hall–Kier alpha value is 0. The Balaban J connectivity index is 0.700. The van der Waals surface area contributed by atoms with E-state index in [1.807, 2.05) is 0 Å². The second kappa shape index (κ2) is 13.9. The van der Waals surface area contributed by atoms with Crippen LogP contribution in [0.2, 0.25) is 0 Å². The van der Waals surface area contributed by atoms with E-state index in [0.29, 0.717) is 0 Å². The van der Waals surface area contributed by atoms with Crippen molar-refractivity contribution in [3.8, 4) is 0 Å². The molecule has 11 fully saturated rings. The van der Waals surface area contributed by atoms with Gasteiger partial charge in [-0.3, -0.25) is 0 Å². The monoisotopic (exact) mass is 681 g/mol. The van der Waals surface area contributed by atoms with Crippen molar-refractivity contribution in [2.45, 2.75) is 193 Å². The molecule has 0 heteroatoms. The van der Waals surface area contributed by atoms with Crippen LogP contribution in [0.4, 0.5) is 0 Å². The molecular formula is C50H80. The molecule has 0 aromatic heterocycles. The highest BCUT2D eigenvalue weighted by atomic mass is 14.9. The summed E-state index contributed by atoms with van der Waals surface area (Å²) in [5, 5.41) is 0. The van der Waals surface area contributed by atoms with Crippen LogP contribution in [0, 0.1) is 118 Å². The van der Waals surface area contributed by atoms with Crippen molar-refractivity contribution in [1.82, 2.24) is 0 Å². The quantitative estimate of drug-likeness (QED) is 0.223. The van der Waals surface area contributed by atoms with Crippen LogP contribution >= 0.6 is 0 Å². The average Bonchev–Trinajstić information content (AvgIpc) is 3.08. The van der Waals surface area contributed by atoms with E-state index < -0.39 is 0 Å². The Morgan fingerprint density at radius 3 is 0.620 bits per heavy atom. The SMILES string of the molecule is C1CCCCC2CCC3CCC4CCC5CCCCC6C(CCCCC5CCC4CCC3CCC2CCC1)C1C6C2C1C1C3C4CCC4C3C21. The molecule has 0 N–H and O–H groups in total. The van der Waals surface area contributed by atoms with E-state index in [4.69, 9.17) is 0 Å². The lowest BCUT2D eigenvalue weighted by molar-refractivity contribution is -0.431. The lowest BCUT2D eigenvalue weighted by Gasteiger charge is -2.90. The minimum Gasteiger partial charge on any atom is -0.0533 e. The van der Waals surface area contributed by atoms with Crippen molar-refractivity contribution in [3.63, 3.8) is 0 Å². The van der Waals surface area contributed by atoms with Crippen LogP contribution in [0.25, 0.3) is 0 Å². The predicted molar refractivity (Wildman–Crippen MR) is 208 cm³/mol. The van der Waals surface area contributed by atoms with Crippen molar-refractivity contribution < 1.29 is 0 Å². The zero-order valence-electron chi connectivity index (χ0n) is 32.8. The largest absolute Gasteiger partial charge is 0.0533 e. The summed E-state index contributed by atoms with van der Waals surface area (Å²) in [6.45, 7) is 0. The molecule has 0 aromatic carbocycles. The summed E-state index contributed by atoms with van der Waals surface area (Å²) in [4.78, 5) is 0. The number of hydrogen-bond donors (Lipinski definition) is 0. The molecule has 50 heavy (non-hydrogen) atoms. The van der Waals surface area contributed by atoms with Gasteiger partial charge < -0.3 is 0 Å². The maximum absolute atomic E-state index is 1.65. The molecule has 280 valence electrons. The fourth-order valence-electron chi connectivity index (χ4n) is 19.1. The lowest BCUT2D eigenvalue weighted by atomic mass is 9.14. The van der Waals surface area contributed by atoms with E-state index in [-0.39, 0.29) is 0 Å². The Kier molecular flexibility index (Phi) is 9.30. The molecule has 0 nitrogen and oxygen atoms in total. The standard InChI is InChI=1S/C50H80/c1-2-4-6-12-32-18-22-36-26-28-38-24-20-34-14-8-10-16-40-39(43-44(40)48-47(43)49-45-41-29-30-42(41)46(45)50(48)49)15-9-7-13-33(34)19-23-37(38)27-25-35(36)21-17-31(32)11-5-3-1/h31-50H,1-30H2. The third kappa shape index (κ3) is 5.41. The Morgan fingerprint density at radius 2 is 0.340 bits per heavy atom. The summed E-state index contributed by atoms with van der Waals surface area (Å²) in [5.74, 6) is 23.7. The maximum Gasteiger partial charge on any atom is -0.0312 e. The van der Waals surface area contributed by atoms with Gasteiger partial charge in [-0.1, -0.05) is 89.9 Å². The first kappa shape index (κ1) is 33.3. The van der Waals surface area contributed by atoms with Crippen molar-refractivity contribution in [1.29, 1.82) is 0 Å². The van der Waals surface area contributed by atoms with Gasteiger partial charge in [0, 0.05) is 0 Å². The van der Waals surface area contributed by atoms with Gasteiger partial charge in [0.2, 0.25) is 0 Å². The second-order valence-electron chi connectivity index (χ2n) is 22.7. The van der Waals surface area contributed by atoms with E-state index in [9.17, 15) is 0 Å². The van der Waals surface area contributed by atoms with E-state index >= 15 is 0 Å². The third-order valence-electron chi connectivity index (χ3n) is 21.6. The zero-order chi connectivity index (χ0) is 32.8. The van der Waals surface area contributed by atoms with Crippen LogP contribution in [0.3, 0.4) is 0 Å². The molecule has 0 saturated heterocycles. The van der Waals surface area contributed by atoms with E-state index in [0.717, 1.165) is 47.3 Å². The molecule has 0 amide bonds. The molecule has 11 saturated carbocycles. The van der Waals surface area contributed by atoms with Gasteiger partial charge in [0.15, 0.2) is 0 Å². The van der Waals surface area contributed by atoms with Gasteiger partial charge in [0.25, 0.3) is 0 Å². The van der Waals surface area contributed by atoms with Gasteiger partial charge in [-0.25, -0.2) is 0 Å². The molecule has 20 unspecified atom stereocenters. The van der Waals surface area contributed by atoms with E-state index in [1.165, 1.54) is 96.7 Å². The highest BCUT2D eigenvalue weighted by Crippen LogP contribution is 2.89. The fourth-order valence-corrected chi connectivity index (χ4v) is 19.1. The topological polar surface area (TPSA) is 0 Å². The van der Waals surface area contributed by atoms with Crippen molar-refractivity contribution in [2.24, 2.45) is 118 Å². The number of fused-ring (bicyclic) bond motifs is 20. The maximum atomic E-state index is 1.65. The molecule has 0 aliphatic heterocycles. The summed E-state index contributed by atoms with van der Waals surface area (Å²) in [7, 11) is 0. The molecule has 11 aliphatic rings. The molecule has 0 spiro atoms. The highest BCUT2D eigenvalue weighted by Gasteiger charge is 2.85. The lowest BCUT2D eigenvalue weighted by Crippen LogP contribution is -2.86. The van der Waals surface area contributed by atoms with Gasteiger partial charge in [-0.05, 0) is 221 Å². The minimum atomic E-state index is 1.09. The van der Waals surface area contributed by atoms with Gasteiger partial charge in [-0.15, -0.1) is 0 Å². The molecule has 0 bridgehead atoms. The molecule has 0 heterocycles. The van der Waals surface area contributed by atoms with Crippen LogP contribution in [0.1, 0.15) is 193 Å². The summed E-state index contributed by atoms with van der Waals surface area (Å²) in [6.07, 6.45) is 48.0. The molecule has 11 rings (SSSR count). The van der Waals surface area contributed by atoms with Crippen LogP contribution in [-0.2, 0) is 0 Å². The summed E-state index contributed by atoms with van der Waals surface area (Å²) >= 11 is 0. The summed E-state index contributed by atoms with van der Waals surface area (Å²) < 4.78 is 0. The predicted octanol–water partition coefficient (Wildman–Crippen LogP) is 14.2. The fraction of sp³-hybridized carbons (Fsp3) is 1.00. The molecule has 0 radical (unpaired) electrons. The molecule has 0 aromatic rings. The zero-order valence-corrected chi connectivity index (χ0v) is 32.8. The van der Waals surface area contributed by atoms with Gasteiger partial charge >= 0.3 is 0 Å².